The van der Waals surface area contributed by atoms with E-state index in [0.717, 1.165) is 17.7 Å². The number of hydrogen-bond donors (Lipinski definition) is 2. The average Bonchev–Trinajstić information content (AvgIpc) is 2.33. The Bertz CT molecular complexity index is 415. The van der Waals surface area contributed by atoms with Crippen LogP contribution in [0.1, 0.15) is 38.3 Å². The minimum atomic E-state index is -0.223. The van der Waals surface area contributed by atoms with Crippen molar-refractivity contribution in [3.8, 4) is 0 Å². The second kappa shape index (κ2) is 6.43. The Morgan fingerprint density at radius 3 is 2.56 bits per heavy atom. The minimum absolute atomic E-state index is 0.0465. The monoisotopic (exact) mass is 248 g/mol. The summed E-state index contributed by atoms with van der Waals surface area (Å²) >= 11 is 0. The molecule has 1 amide bonds. The Morgan fingerprint density at radius 2 is 1.94 bits per heavy atom. The number of hydrogen-bond acceptors (Lipinski definition) is 2. The van der Waals surface area contributed by atoms with Gasteiger partial charge in [-0.15, -0.1) is 0 Å². The van der Waals surface area contributed by atoms with Gasteiger partial charge in [-0.3, -0.25) is 4.79 Å². The lowest BCUT2D eigenvalue weighted by atomic mass is 10.1. The lowest BCUT2D eigenvalue weighted by Crippen LogP contribution is -2.41. The van der Waals surface area contributed by atoms with Gasteiger partial charge in [-0.25, -0.2) is 0 Å². The number of aryl methyl sites for hydroxylation is 2. The Labute approximate surface area is 110 Å². The second-order valence-electron chi connectivity index (χ2n) is 5.00. The van der Waals surface area contributed by atoms with Gasteiger partial charge in [0.25, 0.3) is 0 Å². The summed E-state index contributed by atoms with van der Waals surface area (Å²) in [5.74, 6) is 0.0465. The van der Waals surface area contributed by atoms with Crippen LogP contribution < -0.4 is 10.6 Å². The van der Waals surface area contributed by atoms with Gasteiger partial charge < -0.3 is 10.6 Å². The molecule has 0 saturated heterocycles. The second-order valence-corrected chi connectivity index (χ2v) is 5.00. The Morgan fingerprint density at radius 1 is 1.28 bits per heavy atom. The van der Waals surface area contributed by atoms with Crippen molar-refractivity contribution >= 4 is 11.6 Å². The van der Waals surface area contributed by atoms with E-state index in [4.69, 9.17) is 0 Å². The molecule has 0 aliphatic heterocycles. The first-order valence-corrected chi connectivity index (χ1v) is 6.58. The number of rotatable bonds is 5. The maximum absolute atomic E-state index is 11.9. The highest BCUT2D eigenvalue weighted by molar-refractivity contribution is 5.84. The summed E-state index contributed by atoms with van der Waals surface area (Å²) in [6, 6.07) is 6.21. The fourth-order valence-electron chi connectivity index (χ4n) is 1.66. The van der Waals surface area contributed by atoms with Crippen molar-refractivity contribution in [2.75, 3.05) is 5.32 Å². The lowest BCUT2D eigenvalue weighted by molar-refractivity contribution is -0.122. The molecule has 1 rings (SSSR count). The van der Waals surface area contributed by atoms with Crippen LogP contribution in [0.5, 0.6) is 0 Å². The largest absolute Gasteiger partial charge is 0.374 e. The standard InChI is InChI=1S/C15H24N2O/c1-6-12(4)16-15(18)13(5)17-14-9-10(2)7-8-11(14)3/h7-9,12-13,17H,6H2,1-5H3,(H,16,18). The van der Waals surface area contributed by atoms with Gasteiger partial charge in [0.05, 0.1) is 0 Å². The first-order chi connectivity index (χ1) is 8.43. The summed E-state index contributed by atoms with van der Waals surface area (Å²) in [6.07, 6.45) is 0.946. The first kappa shape index (κ1) is 14.6. The normalized spacial score (nSPS) is 13.8. The third kappa shape index (κ3) is 4.06. The van der Waals surface area contributed by atoms with Crippen molar-refractivity contribution in [2.45, 2.75) is 53.1 Å². The van der Waals surface area contributed by atoms with Crippen LogP contribution in [0.15, 0.2) is 18.2 Å². The maximum Gasteiger partial charge on any atom is 0.242 e. The molecule has 2 atom stereocenters. The van der Waals surface area contributed by atoms with Gasteiger partial charge in [-0.1, -0.05) is 19.1 Å². The van der Waals surface area contributed by atoms with Gasteiger partial charge in [-0.05, 0) is 51.3 Å². The topological polar surface area (TPSA) is 41.1 Å². The highest BCUT2D eigenvalue weighted by Crippen LogP contribution is 2.17. The maximum atomic E-state index is 11.9. The highest BCUT2D eigenvalue weighted by Gasteiger charge is 2.14. The molecule has 0 heterocycles. The predicted octanol–water partition coefficient (Wildman–Crippen LogP) is 3.02. The summed E-state index contributed by atoms with van der Waals surface area (Å²) in [5.41, 5.74) is 3.38. The number of amides is 1. The summed E-state index contributed by atoms with van der Waals surface area (Å²) in [4.78, 5) is 11.9. The van der Waals surface area contributed by atoms with Crippen molar-refractivity contribution < 1.29 is 4.79 Å². The summed E-state index contributed by atoms with van der Waals surface area (Å²) < 4.78 is 0. The van der Waals surface area contributed by atoms with Crippen molar-refractivity contribution in [1.82, 2.24) is 5.32 Å². The van der Waals surface area contributed by atoms with E-state index in [1.807, 2.05) is 20.8 Å². The molecule has 0 fully saturated rings. The zero-order valence-corrected chi connectivity index (χ0v) is 12.0. The predicted molar refractivity (Wildman–Crippen MR) is 76.9 cm³/mol. The molecule has 2 unspecified atom stereocenters. The van der Waals surface area contributed by atoms with E-state index in [0.29, 0.717) is 0 Å². The molecule has 1 aromatic carbocycles. The third-order valence-corrected chi connectivity index (χ3v) is 3.16. The lowest BCUT2D eigenvalue weighted by Gasteiger charge is -2.19. The molecule has 2 N–H and O–H groups in total. The van der Waals surface area contributed by atoms with Gasteiger partial charge in [0, 0.05) is 11.7 Å². The van der Waals surface area contributed by atoms with Crippen LogP contribution in [0.3, 0.4) is 0 Å². The van der Waals surface area contributed by atoms with Crippen LogP contribution >= 0.6 is 0 Å². The van der Waals surface area contributed by atoms with E-state index in [1.54, 1.807) is 0 Å². The Kier molecular flexibility index (Phi) is 5.20. The molecular weight excluding hydrogens is 224 g/mol. The molecule has 0 aliphatic rings. The Hall–Kier alpha value is -1.51. The van der Waals surface area contributed by atoms with Crippen molar-refractivity contribution in [3.63, 3.8) is 0 Å². The zero-order chi connectivity index (χ0) is 13.7. The van der Waals surface area contributed by atoms with Crippen molar-refractivity contribution in [2.24, 2.45) is 0 Å². The summed E-state index contributed by atoms with van der Waals surface area (Å²) in [7, 11) is 0. The summed E-state index contributed by atoms with van der Waals surface area (Å²) in [6.45, 7) is 10.1. The van der Waals surface area contributed by atoms with Gasteiger partial charge in [0.15, 0.2) is 0 Å². The quantitative estimate of drug-likeness (QED) is 0.841. The number of carbonyl (C=O) groups excluding carboxylic acids is 1. The number of carbonyl (C=O) groups is 1. The Balaban J connectivity index is 2.66. The molecule has 1 aromatic rings. The SMILES string of the molecule is CCC(C)NC(=O)C(C)Nc1cc(C)ccc1C. The van der Waals surface area contributed by atoms with E-state index >= 15 is 0 Å². The zero-order valence-electron chi connectivity index (χ0n) is 12.0. The van der Waals surface area contributed by atoms with Gasteiger partial charge >= 0.3 is 0 Å². The molecule has 0 radical (unpaired) electrons. The van der Waals surface area contributed by atoms with Crippen molar-refractivity contribution in [1.29, 1.82) is 0 Å². The van der Waals surface area contributed by atoms with E-state index in [-0.39, 0.29) is 18.0 Å². The van der Waals surface area contributed by atoms with Crippen LogP contribution in [-0.2, 0) is 4.79 Å². The molecule has 3 nitrogen and oxygen atoms in total. The van der Waals surface area contributed by atoms with Crippen LogP contribution in [0.2, 0.25) is 0 Å². The van der Waals surface area contributed by atoms with E-state index in [1.165, 1.54) is 5.56 Å². The minimum Gasteiger partial charge on any atom is -0.374 e. The average molecular weight is 248 g/mol. The molecule has 0 aliphatic carbocycles. The van der Waals surface area contributed by atoms with E-state index in [9.17, 15) is 4.79 Å². The molecule has 0 spiro atoms. The molecule has 100 valence electrons. The third-order valence-electron chi connectivity index (χ3n) is 3.16. The smallest absolute Gasteiger partial charge is 0.242 e. The number of nitrogens with one attached hydrogen (secondary N) is 2. The first-order valence-electron chi connectivity index (χ1n) is 6.58. The number of benzene rings is 1. The number of anilines is 1. The highest BCUT2D eigenvalue weighted by atomic mass is 16.2. The van der Waals surface area contributed by atoms with Crippen molar-refractivity contribution in [3.05, 3.63) is 29.3 Å². The van der Waals surface area contributed by atoms with Gasteiger partial charge in [-0.2, -0.15) is 0 Å². The fourth-order valence-corrected chi connectivity index (χ4v) is 1.66. The van der Waals surface area contributed by atoms with Crippen LogP contribution in [0.25, 0.3) is 0 Å². The van der Waals surface area contributed by atoms with Gasteiger partial charge in [0.2, 0.25) is 5.91 Å². The fraction of sp³-hybridized carbons (Fsp3) is 0.533. The molecule has 0 bridgehead atoms. The van der Waals surface area contributed by atoms with E-state index < -0.39 is 0 Å². The van der Waals surface area contributed by atoms with Gasteiger partial charge in [0.1, 0.15) is 6.04 Å². The molecular formula is C15H24N2O. The molecule has 3 heteroatoms. The summed E-state index contributed by atoms with van der Waals surface area (Å²) in [5, 5.41) is 6.25. The van der Waals surface area contributed by atoms with Crippen LogP contribution in [-0.4, -0.2) is 18.0 Å². The van der Waals surface area contributed by atoms with Crippen LogP contribution in [0, 0.1) is 13.8 Å². The molecule has 0 saturated carbocycles. The van der Waals surface area contributed by atoms with E-state index in [2.05, 4.69) is 42.7 Å². The molecule has 0 aromatic heterocycles. The van der Waals surface area contributed by atoms with Crippen LogP contribution in [0.4, 0.5) is 5.69 Å². The molecule has 18 heavy (non-hydrogen) atoms.